The third-order valence-electron chi connectivity index (χ3n) is 4.32. The van der Waals surface area contributed by atoms with E-state index in [1.165, 1.54) is 32.1 Å². The number of carbonyl (C=O) groups is 2. The first-order valence-electron chi connectivity index (χ1n) is 10.4. The van der Waals surface area contributed by atoms with Crippen molar-refractivity contribution in [2.45, 2.75) is 117 Å². The van der Waals surface area contributed by atoms with E-state index in [1.54, 1.807) is 0 Å². The van der Waals surface area contributed by atoms with Gasteiger partial charge in [-0.05, 0) is 32.6 Å². The molecule has 0 aliphatic heterocycles. The molecule has 4 heteroatoms. The Morgan fingerprint density at radius 3 is 1.92 bits per heavy atom. The zero-order valence-corrected chi connectivity index (χ0v) is 16.8. The van der Waals surface area contributed by atoms with Crippen molar-refractivity contribution in [2.75, 3.05) is 6.61 Å². The maximum atomic E-state index is 11.7. The van der Waals surface area contributed by atoms with E-state index >= 15 is 0 Å². The zero-order valence-electron chi connectivity index (χ0n) is 16.8. The van der Waals surface area contributed by atoms with Gasteiger partial charge >= 0.3 is 11.9 Å². The predicted octanol–water partition coefficient (Wildman–Crippen LogP) is 5.96. The number of hydrogen-bond acceptors (Lipinski definition) is 4. The molecule has 0 saturated carbocycles. The summed E-state index contributed by atoms with van der Waals surface area (Å²) in [5.41, 5.74) is 0. The number of unbranched alkanes of at least 4 members (excludes halogenated alkanes) is 8. The van der Waals surface area contributed by atoms with Gasteiger partial charge in [0.05, 0.1) is 12.7 Å². The van der Waals surface area contributed by atoms with Crippen LogP contribution in [0.25, 0.3) is 0 Å². The summed E-state index contributed by atoms with van der Waals surface area (Å²) in [6.45, 7) is 6.82. The second-order valence-corrected chi connectivity index (χ2v) is 6.99. The molecule has 0 aromatic carbocycles. The van der Waals surface area contributed by atoms with Crippen LogP contribution in [0.3, 0.4) is 0 Å². The third kappa shape index (κ3) is 17.6. The summed E-state index contributed by atoms with van der Waals surface area (Å²) < 4.78 is 10.6. The van der Waals surface area contributed by atoms with Crippen LogP contribution < -0.4 is 0 Å². The van der Waals surface area contributed by atoms with Crippen LogP contribution in [0.5, 0.6) is 0 Å². The molecule has 0 heterocycles. The molecule has 1 atom stereocenters. The average molecular weight is 357 g/mol. The van der Waals surface area contributed by atoms with E-state index in [-0.39, 0.29) is 18.0 Å². The standard InChI is InChI=1S/C21H40O4/c1-4-6-8-9-10-11-14-18-24-20(22)16-12-13-17-21(23)25-19(3)15-7-5-2/h19H,4-18H2,1-3H3. The van der Waals surface area contributed by atoms with Crippen LogP contribution >= 0.6 is 0 Å². The Labute approximate surface area is 155 Å². The van der Waals surface area contributed by atoms with Crippen LogP contribution in [0.15, 0.2) is 0 Å². The molecule has 0 bridgehead atoms. The lowest BCUT2D eigenvalue weighted by atomic mass is 10.1. The van der Waals surface area contributed by atoms with Gasteiger partial charge in [0, 0.05) is 12.8 Å². The molecule has 25 heavy (non-hydrogen) atoms. The molecular formula is C21H40O4. The summed E-state index contributed by atoms with van der Waals surface area (Å²) in [4.78, 5) is 23.3. The third-order valence-corrected chi connectivity index (χ3v) is 4.32. The summed E-state index contributed by atoms with van der Waals surface area (Å²) in [6, 6.07) is 0. The molecule has 0 aromatic rings. The van der Waals surface area contributed by atoms with E-state index in [1.807, 2.05) is 6.92 Å². The fourth-order valence-corrected chi connectivity index (χ4v) is 2.69. The maximum absolute atomic E-state index is 11.7. The SMILES string of the molecule is CCCCCCCCCOC(=O)CCCCC(=O)OC(C)CCCC. The molecule has 0 aliphatic carbocycles. The van der Waals surface area contributed by atoms with Gasteiger partial charge in [0.25, 0.3) is 0 Å². The second kappa shape index (κ2) is 17.8. The van der Waals surface area contributed by atoms with Crippen LogP contribution in [-0.4, -0.2) is 24.6 Å². The van der Waals surface area contributed by atoms with Gasteiger partial charge in [-0.15, -0.1) is 0 Å². The van der Waals surface area contributed by atoms with Gasteiger partial charge in [-0.25, -0.2) is 0 Å². The van der Waals surface area contributed by atoms with Crippen molar-refractivity contribution in [1.29, 1.82) is 0 Å². The van der Waals surface area contributed by atoms with Crippen LogP contribution in [0.4, 0.5) is 0 Å². The number of rotatable bonds is 17. The second-order valence-electron chi connectivity index (χ2n) is 6.99. The van der Waals surface area contributed by atoms with Gasteiger partial charge in [0.2, 0.25) is 0 Å². The first-order chi connectivity index (χ1) is 12.1. The molecule has 0 aromatic heterocycles. The minimum Gasteiger partial charge on any atom is -0.466 e. The highest BCUT2D eigenvalue weighted by Crippen LogP contribution is 2.09. The van der Waals surface area contributed by atoms with Crippen LogP contribution in [-0.2, 0) is 19.1 Å². The molecule has 0 amide bonds. The normalized spacial score (nSPS) is 12.0. The van der Waals surface area contributed by atoms with E-state index in [4.69, 9.17) is 9.47 Å². The Morgan fingerprint density at radius 1 is 0.720 bits per heavy atom. The van der Waals surface area contributed by atoms with Gasteiger partial charge in [-0.1, -0.05) is 65.2 Å². The Morgan fingerprint density at radius 2 is 1.28 bits per heavy atom. The largest absolute Gasteiger partial charge is 0.466 e. The van der Waals surface area contributed by atoms with Crippen molar-refractivity contribution >= 4 is 11.9 Å². The molecule has 0 N–H and O–H groups in total. The maximum Gasteiger partial charge on any atom is 0.306 e. The van der Waals surface area contributed by atoms with E-state index in [0.717, 1.165) is 32.1 Å². The molecule has 0 rings (SSSR count). The van der Waals surface area contributed by atoms with Crippen molar-refractivity contribution in [2.24, 2.45) is 0 Å². The summed E-state index contributed by atoms with van der Waals surface area (Å²) >= 11 is 0. The predicted molar refractivity (Wildman–Crippen MR) is 102 cm³/mol. The summed E-state index contributed by atoms with van der Waals surface area (Å²) in [7, 11) is 0. The molecule has 1 unspecified atom stereocenters. The lowest BCUT2D eigenvalue weighted by molar-refractivity contribution is -0.149. The van der Waals surface area contributed by atoms with Gasteiger partial charge in [-0.2, -0.15) is 0 Å². The number of ether oxygens (including phenoxy) is 2. The fourth-order valence-electron chi connectivity index (χ4n) is 2.69. The molecule has 0 aliphatic rings. The van der Waals surface area contributed by atoms with Crippen molar-refractivity contribution in [1.82, 2.24) is 0 Å². The van der Waals surface area contributed by atoms with Crippen LogP contribution in [0.1, 0.15) is 111 Å². The Bertz CT molecular complexity index is 328. The van der Waals surface area contributed by atoms with Gasteiger partial charge in [-0.3, -0.25) is 9.59 Å². The van der Waals surface area contributed by atoms with Crippen molar-refractivity contribution in [3.05, 3.63) is 0 Å². The number of hydrogen-bond donors (Lipinski definition) is 0. The van der Waals surface area contributed by atoms with E-state index in [0.29, 0.717) is 32.3 Å². The number of esters is 2. The molecule has 0 radical (unpaired) electrons. The topological polar surface area (TPSA) is 52.6 Å². The van der Waals surface area contributed by atoms with Crippen molar-refractivity contribution in [3.8, 4) is 0 Å². The Kier molecular flexibility index (Phi) is 17.0. The first-order valence-corrected chi connectivity index (χ1v) is 10.4. The van der Waals surface area contributed by atoms with Gasteiger partial charge in [0.1, 0.15) is 0 Å². The highest BCUT2D eigenvalue weighted by Gasteiger charge is 2.09. The van der Waals surface area contributed by atoms with Crippen LogP contribution in [0.2, 0.25) is 0 Å². The highest BCUT2D eigenvalue weighted by atomic mass is 16.5. The van der Waals surface area contributed by atoms with Crippen LogP contribution in [0, 0.1) is 0 Å². The minimum atomic E-state index is -0.153. The molecule has 4 nitrogen and oxygen atoms in total. The monoisotopic (exact) mass is 356 g/mol. The molecule has 0 saturated heterocycles. The zero-order chi connectivity index (χ0) is 18.8. The number of carbonyl (C=O) groups excluding carboxylic acids is 2. The summed E-state index contributed by atoms with van der Waals surface area (Å²) in [6.07, 6.45) is 13.8. The first kappa shape index (κ1) is 23.9. The summed E-state index contributed by atoms with van der Waals surface area (Å²) in [5.74, 6) is -0.296. The minimum absolute atomic E-state index is 0.000567. The molecule has 0 fully saturated rings. The van der Waals surface area contributed by atoms with Gasteiger partial charge < -0.3 is 9.47 Å². The molecule has 0 spiro atoms. The quantitative estimate of drug-likeness (QED) is 0.238. The van der Waals surface area contributed by atoms with E-state index < -0.39 is 0 Å². The smallest absolute Gasteiger partial charge is 0.306 e. The Balaban J connectivity index is 3.41. The van der Waals surface area contributed by atoms with E-state index in [9.17, 15) is 9.59 Å². The van der Waals surface area contributed by atoms with E-state index in [2.05, 4.69) is 13.8 Å². The average Bonchev–Trinajstić information content (AvgIpc) is 2.59. The summed E-state index contributed by atoms with van der Waals surface area (Å²) in [5, 5.41) is 0. The molecule has 148 valence electrons. The van der Waals surface area contributed by atoms with Gasteiger partial charge in [0.15, 0.2) is 0 Å². The van der Waals surface area contributed by atoms with Crippen molar-refractivity contribution in [3.63, 3.8) is 0 Å². The fraction of sp³-hybridized carbons (Fsp3) is 0.905. The Hall–Kier alpha value is -1.06. The lowest BCUT2D eigenvalue weighted by Gasteiger charge is -2.12. The molecular weight excluding hydrogens is 316 g/mol. The highest BCUT2D eigenvalue weighted by molar-refractivity contribution is 5.70. The lowest BCUT2D eigenvalue weighted by Crippen LogP contribution is -2.14. The van der Waals surface area contributed by atoms with Crippen molar-refractivity contribution < 1.29 is 19.1 Å².